The van der Waals surface area contributed by atoms with Gasteiger partial charge in [0.2, 0.25) is 0 Å². The molecule has 6 heteroatoms. The topological polar surface area (TPSA) is 81.9 Å². The molecule has 0 aromatic carbocycles. The molecular formula is C7H7BN2O3. The number of nitrogens with one attached hydrogen (secondary N) is 1. The maximum absolute atomic E-state index is 10.8. The number of allylic oxidation sites excluding steroid dienone is 3. The number of rotatable bonds is 1. The van der Waals surface area contributed by atoms with Crippen LogP contribution >= 0.6 is 0 Å². The molecule has 66 valence electrons. The van der Waals surface area contributed by atoms with E-state index in [1.165, 1.54) is 0 Å². The number of carbonyl (C=O) groups excluding carboxylic acids is 1. The third-order valence-electron chi connectivity index (χ3n) is 1.92. The summed E-state index contributed by atoms with van der Waals surface area (Å²) < 4.78 is 0. The van der Waals surface area contributed by atoms with Gasteiger partial charge in [0.15, 0.2) is 0 Å². The maximum atomic E-state index is 10.8. The van der Waals surface area contributed by atoms with E-state index in [1.807, 2.05) is 0 Å². The molecule has 3 N–H and O–H groups in total. The molecule has 1 unspecified atom stereocenters. The van der Waals surface area contributed by atoms with Crippen molar-refractivity contribution in [3.8, 4) is 0 Å². The van der Waals surface area contributed by atoms with Crippen molar-refractivity contribution < 1.29 is 14.8 Å². The van der Waals surface area contributed by atoms with Crippen LogP contribution in [0.15, 0.2) is 28.9 Å². The lowest BCUT2D eigenvalue weighted by molar-refractivity contribution is 0.253. The number of fused-ring (bicyclic) bond motifs is 1. The molecule has 0 saturated carbocycles. The van der Waals surface area contributed by atoms with Gasteiger partial charge in [0.25, 0.3) is 0 Å². The zero-order valence-electron chi connectivity index (χ0n) is 6.64. The quantitative estimate of drug-likeness (QED) is 0.471. The first kappa shape index (κ1) is 8.21. The highest BCUT2D eigenvalue weighted by Crippen LogP contribution is 2.21. The number of urea groups is 1. The van der Waals surface area contributed by atoms with Gasteiger partial charge < -0.3 is 15.4 Å². The van der Waals surface area contributed by atoms with Crippen LogP contribution in [0.1, 0.15) is 0 Å². The molecule has 0 bridgehead atoms. The molecule has 0 aromatic rings. The Morgan fingerprint density at radius 2 is 2.31 bits per heavy atom. The summed E-state index contributed by atoms with van der Waals surface area (Å²) in [5.74, 6) is -0.479. The SMILES string of the molecule is O=C1N=C2C=CC(B(O)O)C=C2N1. The molecule has 1 aliphatic carbocycles. The fourth-order valence-electron chi connectivity index (χ4n) is 1.27. The molecule has 2 amide bonds. The molecule has 5 nitrogen and oxygen atoms in total. The first-order valence-corrected chi connectivity index (χ1v) is 3.83. The van der Waals surface area contributed by atoms with E-state index in [1.54, 1.807) is 18.2 Å². The monoisotopic (exact) mass is 178 g/mol. The van der Waals surface area contributed by atoms with E-state index >= 15 is 0 Å². The zero-order valence-corrected chi connectivity index (χ0v) is 6.64. The molecule has 13 heavy (non-hydrogen) atoms. The van der Waals surface area contributed by atoms with Crippen molar-refractivity contribution in [3.63, 3.8) is 0 Å². The van der Waals surface area contributed by atoms with Gasteiger partial charge in [-0.25, -0.2) is 4.79 Å². The van der Waals surface area contributed by atoms with Gasteiger partial charge in [-0.2, -0.15) is 4.99 Å². The van der Waals surface area contributed by atoms with Gasteiger partial charge in [-0.3, -0.25) is 0 Å². The highest BCUT2D eigenvalue weighted by atomic mass is 16.4. The summed E-state index contributed by atoms with van der Waals surface area (Å²) in [6, 6.07) is -0.418. The summed E-state index contributed by atoms with van der Waals surface area (Å²) in [5, 5.41) is 20.2. The van der Waals surface area contributed by atoms with Crippen molar-refractivity contribution >= 4 is 18.9 Å². The smallest absolute Gasteiger partial charge is 0.426 e. The van der Waals surface area contributed by atoms with E-state index in [4.69, 9.17) is 10.0 Å². The Kier molecular flexibility index (Phi) is 1.79. The van der Waals surface area contributed by atoms with Crippen LogP contribution < -0.4 is 5.32 Å². The number of carbonyl (C=O) groups is 1. The fraction of sp³-hybridized carbons (Fsp3) is 0.143. The Hall–Kier alpha value is -1.40. The molecule has 1 aliphatic heterocycles. The maximum Gasteiger partial charge on any atom is 0.462 e. The summed E-state index contributed by atoms with van der Waals surface area (Å²) in [6.45, 7) is 0. The Labute approximate surface area is 74.6 Å². The summed E-state index contributed by atoms with van der Waals surface area (Å²) in [7, 11) is -1.44. The lowest BCUT2D eigenvalue weighted by Gasteiger charge is -2.12. The zero-order chi connectivity index (χ0) is 9.42. The average Bonchev–Trinajstić information content (AvgIpc) is 2.42. The normalized spacial score (nSPS) is 24.8. The van der Waals surface area contributed by atoms with E-state index < -0.39 is 19.0 Å². The fourth-order valence-corrected chi connectivity index (χ4v) is 1.27. The van der Waals surface area contributed by atoms with E-state index in [9.17, 15) is 4.79 Å². The predicted molar refractivity (Wildman–Crippen MR) is 47.1 cm³/mol. The van der Waals surface area contributed by atoms with Gasteiger partial charge in [-0.15, -0.1) is 0 Å². The van der Waals surface area contributed by atoms with Crippen molar-refractivity contribution in [3.05, 3.63) is 23.9 Å². The van der Waals surface area contributed by atoms with E-state index in [0.29, 0.717) is 11.4 Å². The molecule has 2 aliphatic rings. The number of amides is 2. The molecule has 0 spiro atoms. The number of hydrogen-bond donors (Lipinski definition) is 3. The third-order valence-corrected chi connectivity index (χ3v) is 1.92. The summed E-state index contributed by atoms with van der Waals surface area (Å²) >= 11 is 0. The first-order valence-electron chi connectivity index (χ1n) is 3.83. The Bertz CT molecular complexity index is 346. The second kappa shape index (κ2) is 2.83. The molecule has 2 rings (SSSR count). The van der Waals surface area contributed by atoms with Gasteiger partial charge in [-0.1, -0.05) is 12.2 Å². The summed E-state index contributed by atoms with van der Waals surface area (Å²) in [4.78, 5) is 14.4. The Morgan fingerprint density at radius 3 is 3.00 bits per heavy atom. The van der Waals surface area contributed by atoms with Crippen molar-refractivity contribution in [2.75, 3.05) is 0 Å². The Balaban J connectivity index is 2.27. The molecular weight excluding hydrogens is 171 g/mol. The van der Waals surface area contributed by atoms with Gasteiger partial charge in [0, 0.05) is 5.82 Å². The molecule has 1 heterocycles. The lowest BCUT2D eigenvalue weighted by atomic mass is 9.70. The van der Waals surface area contributed by atoms with Crippen molar-refractivity contribution in [2.24, 2.45) is 4.99 Å². The van der Waals surface area contributed by atoms with Crippen LogP contribution in [0.3, 0.4) is 0 Å². The van der Waals surface area contributed by atoms with Crippen LogP contribution in [-0.2, 0) is 0 Å². The first-order chi connectivity index (χ1) is 6.16. The number of nitrogens with zero attached hydrogens (tertiary/aromatic N) is 1. The average molecular weight is 178 g/mol. The van der Waals surface area contributed by atoms with Gasteiger partial charge in [-0.05, 0) is 6.08 Å². The molecule has 0 aromatic heterocycles. The van der Waals surface area contributed by atoms with Gasteiger partial charge in [0.1, 0.15) is 0 Å². The highest BCUT2D eigenvalue weighted by molar-refractivity contribution is 6.45. The van der Waals surface area contributed by atoms with E-state index in [0.717, 1.165) is 0 Å². The molecule has 1 atom stereocenters. The number of aliphatic imine (C=N–C) groups is 1. The van der Waals surface area contributed by atoms with Crippen LogP contribution in [0.25, 0.3) is 0 Å². The standard InChI is InChI=1S/C7H7BN2O3/c11-7-9-5-2-1-4(8(12)13)3-6(5)10-7/h1-4,12-13H,(H,10,11). The largest absolute Gasteiger partial charge is 0.462 e. The highest BCUT2D eigenvalue weighted by Gasteiger charge is 2.27. The van der Waals surface area contributed by atoms with Crippen LogP contribution in [0, 0.1) is 0 Å². The molecule has 0 radical (unpaired) electrons. The third kappa shape index (κ3) is 1.41. The van der Waals surface area contributed by atoms with Gasteiger partial charge >= 0.3 is 13.1 Å². The number of hydrogen-bond acceptors (Lipinski definition) is 3. The van der Waals surface area contributed by atoms with Gasteiger partial charge in [0.05, 0.1) is 11.4 Å². The molecule has 0 fully saturated rings. The summed E-state index contributed by atoms with van der Waals surface area (Å²) in [5.41, 5.74) is 1.09. The van der Waals surface area contributed by atoms with Crippen molar-refractivity contribution in [1.29, 1.82) is 0 Å². The lowest BCUT2D eigenvalue weighted by Crippen LogP contribution is -2.23. The van der Waals surface area contributed by atoms with Crippen molar-refractivity contribution in [1.82, 2.24) is 5.32 Å². The summed E-state index contributed by atoms with van der Waals surface area (Å²) in [6.07, 6.45) is 4.75. The van der Waals surface area contributed by atoms with Crippen LogP contribution in [-0.4, -0.2) is 28.9 Å². The minimum atomic E-state index is -1.44. The van der Waals surface area contributed by atoms with Crippen LogP contribution in [0.4, 0.5) is 4.79 Å². The Morgan fingerprint density at radius 1 is 1.54 bits per heavy atom. The molecule has 0 saturated heterocycles. The van der Waals surface area contributed by atoms with Crippen LogP contribution in [0.2, 0.25) is 5.82 Å². The minimum absolute atomic E-state index is 0.418. The van der Waals surface area contributed by atoms with E-state index in [2.05, 4.69) is 10.3 Å². The minimum Gasteiger partial charge on any atom is -0.426 e. The predicted octanol–water partition coefficient (Wildman–Crippen LogP) is -0.553. The second-order valence-electron chi connectivity index (χ2n) is 2.86. The van der Waals surface area contributed by atoms with Crippen LogP contribution in [0.5, 0.6) is 0 Å². The van der Waals surface area contributed by atoms with E-state index in [-0.39, 0.29) is 0 Å². The van der Waals surface area contributed by atoms with Crippen molar-refractivity contribution in [2.45, 2.75) is 5.82 Å². The second-order valence-corrected chi connectivity index (χ2v) is 2.86.